The van der Waals surface area contributed by atoms with Gasteiger partial charge >= 0.3 is 17.9 Å². The molecule has 0 bridgehead atoms. The highest BCUT2D eigenvalue weighted by molar-refractivity contribution is 6.34. The third-order valence-electron chi connectivity index (χ3n) is 10.5. The Labute approximate surface area is 421 Å². The van der Waals surface area contributed by atoms with Crippen molar-refractivity contribution in [3.05, 3.63) is 185 Å². The lowest BCUT2D eigenvalue weighted by molar-refractivity contribution is -0.143. The van der Waals surface area contributed by atoms with Gasteiger partial charge < -0.3 is 34.8 Å². The maximum Gasteiger partial charge on any atom is 0.337 e. The number of aromatic carboxylic acids is 1. The number of amides is 1. The number of aromatic nitrogens is 2. The number of hydrogen-bond acceptors (Lipinski definition) is 9. The van der Waals surface area contributed by atoms with E-state index in [9.17, 15) is 28.8 Å². The Morgan fingerprint density at radius 2 is 1.00 bits per heavy atom. The Balaban J connectivity index is 0.00000109. The van der Waals surface area contributed by atoms with Gasteiger partial charge in [0.05, 0.1) is 46.5 Å². The molecule has 1 amide bonds. The molecule has 2 atom stereocenters. The van der Waals surface area contributed by atoms with Crippen molar-refractivity contribution in [3.63, 3.8) is 0 Å². The lowest BCUT2D eigenvalue weighted by Crippen LogP contribution is -2.43. The maximum atomic E-state index is 12.8. The fourth-order valence-corrected chi connectivity index (χ4v) is 7.48. The van der Waals surface area contributed by atoms with Crippen LogP contribution in [0.25, 0.3) is 22.3 Å². The summed E-state index contributed by atoms with van der Waals surface area (Å²) in [5.74, 6) is -2.41. The zero-order valence-corrected chi connectivity index (χ0v) is 40.1. The van der Waals surface area contributed by atoms with E-state index in [1.54, 1.807) is 81.3 Å². The number of carbonyl (C=O) groups excluding carboxylic acids is 3. The highest BCUT2D eigenvalue weighted by atomic mass is 35.5. The van der Waals surface area contributed by atoms with Crippen LogP contribution in [0.3, 0.4) is 0 Å². The van der Waals surface area contributed by atoms with Gasteiger partial charge in [0.15, 0.2) is 0 Å². The number of benzene rings is 4. The van der Waals surface area contributed by atoms with Gasteiger partial charge in [-0.3, -0.25) is 19.2 Å². The van der Waals surface area contributed by atoms with Gasteiger partial charge in [0.2, 0.25) is 0 Å². The molecule has 16 heteroatoms. The summed E-state index contributed by atoms with van der Waals surface area (Å²) in [5, 5.41) is 12.0. The summed E-state index contributed by atoms with van der Waals surface area (Å²) in [4.78, 5) is 71.9. The minimum absolute atomic E-state index is 0. The first-order chi connectivity index (χ1) is 30.8. The number of carbonyl (C=O) groups is 4. The van der Waals surface area contributed by atoms with Crippen molar-refractivity contribution >= 4 is 59.4 Å². The summed E-state index contributed by atoms with van der Waals surface area (Å²) in [6.45, 7) is 7.31. The maximum absolute atomic E-state index is 12.8. The van der Waals surface area contributed by atoms with Gasteiger partial charge in [0.25, 0.3) is 17.0 Å². The predicted octanol–water partition coefficient (Wildman–Crippen LogP) is 9.92. The lowest BCUT2D eigenvalue weighted by atomic mass is 9.98. The van der Waals surface area contributed by atoms with Crippen LogP contribution in [0.5, 0.6) is 0 Å². The van der Waals surface area contributed by atoms with Gasteiger partial charge in [0, 0.05) is 32.9 Å². The van der Waals surface area contributed by atoms with Gasteiger partial charge in [-0.15, -0.1) is 12.4 Å². The summed E-state index contributed by atoms with van der Waals surface area (Å²) in [5.41, 5.74) is 14.1. The van der Waals surface area contributed by atoms with Crippen LogP contribution < -0.4 is 22.2 Å². The number of carboxylic acid groups (broad SMARTS) is 1. The molecule has 2 aromatic heterocycles. The molecule has 0 spiro atoms. The van der Waals surface area contributed by atoms with Crippen LogP contribution in [0.1, 0.15) is 76.4 Å². The van der Waals surface area contributed by atoms with E-state index in [4.69, 9.17) is 38.8 Å². The molecule has 0 aliphatic heterocycles. The molecule has 4 N–H and O–H groups in total. The monoisotopic (exact) mass is 1010 g/mol. The number of hydrogen-bond donors (Lipinski definition) is 3. The lowest BCUT2D eigenvalue weighted by Gasteiger charge is -2.18. The second kappa shape index (κ2) is 28.7. The van der Waals surface area contributed by atoms with Crippen molar-refractivity contribution < 1.29 is 33.8 Å². The highest BCUT2D eigenvalue weighted by Crippen LogP contribution is 2.24. The molecule has 0 saturated heterocycles. The van der Waals surface area contributed by atoms with E-state index in [2.05, 4.69) is 10.1 Å². The Bertz CT molecular complexity index is 2770. The molecule has 69 heavy (non-hydrogen) atoms. The Morgan fingerprint density at radius 3 is 1.36 bits per heavy atom. The number of nitrogens with zero attached hydrogens (tertiary/aromatic N) is 2. The second-order valence-corrected chi connectivity index (χ2v) is 16.0. The summed E-state index contributed by atoms with van der Waals surface area (Å²) in [6.07, 6.45) is 4.12. The van der Waals surface area contributed by atoms with Crippen LogP contribution in [0.15, 0.2) is 119 Å². The van der Waals surface area contributed by atoms with Gasteiger partial charge in [0.1, 0.15) is 12.1 Å². The highest BCUT2D eigenvalue weighted by Gasteiger charge is 2.25. The van der Waals surface area contributed by atoms with Crippen molar-refractivity contribution in [1.29, 1.82) is 0 Å². The smallest absolute Gasteiger partial charge is 0.337 e. The van der Waals surface area contributed by atoms with Crippen molar-refractivity contribution in [3.8, 4) is 22.3 Å². The number of ether oxygens (including phenoxy) is 2. The van der Waals surface area contributed by atoms with Crippen LogP contribution >= 0.6 is 35.6 Å². The van der Waals surface area contributed by atoms with Crippen molar-refractivity contribution in [1.82, 2.24) is 14.5 Å². The molecular weight excluding hydrogens is 943 g/mol. The number of pyridine rings is 2. The van der Waals surface area contributed by atoms with Gasteiger partial charge in [-0.1, -0.05) is 118 Å². The average Bonchev–Trinajstić information content (AvgIpc) is 3.27. The second-order valence-electron chi connectivity index (χ2n) is 15.2. The molecule has 0 radical (unpaired) electrons. The summed E-state index contributed by atoms with van der Waals surface area (Å²) < 4.78 is 12.6. The van der Waals surface area contributed by atoms with E-state index < -0.39 is 35.9 Å². The normalized spacial score (nSPS) is 10.8. The minimum atomic E-state index is -0.979. The molecule has 372 valence electrons. The number of aryl methyl sites for hydroxylation is 6. The molecule has 6 rings (SSSR count). The number of methoxy groups -OCH3 is 2. The van der Waals surface area contributed by atoms with E-state index >= 15 is 0 Å². The number of halogens is 3. The van der Waals surface area contributed by atoms with E-state index in [1.165, 1.54) is 18.8 Å². The van der Waals surface area contributed by atoms with E-state index in [0.717, 1.165) is 33.4 Å². The molecule has 0 aliphatic rings. The first kappa shape index (κ1) is 62.5. The van der Waals surface area contributed by atoms with E-state index in [0.29, 0.717) is 39.3 Å². The number of carboxylic acids is 1. The largest absolute Gasteiger partial charge is 0.478 e. The van der Waals surface area contributed by atoms with E-state index in [1.807, 2.05) is 74.5 Å². The van der Waals surface area contributed by atoms with Crippen LogP contribution in [0.4, 0.5) is 0 Å². The molecule has 4 aromatic carbocycles. The van der Waals surface area contributed by atoms with Gasteiger partial charge in [-0.05, 0) is 103 Å². The molecule has 2 heterocycles. The molecule has 0 aliphatic carbocycles. The van der Waals surface area contributed by atoms with Crippen LogP contribution in [0, 0.1) is 27.7 Å². The standard InChI is InChI=1S/C25H25ClN2O4.C17H20N2O3.C8H7ClO2.3CH4.ClH/c1-15-6-5-7-19(26)22(15)23(29)27-20(25(31)32-4)14-17-8-10-18(11-9-17)21-16(2)12-13-28(3)24(21)30;1-11-8-9-19(2)16(20)15(11)13-6-4-12(5-7-13)10-14(18)17(21)22-3;1-5-3-2-4-6(9)7(5)8(10)11;;;;/h5-13,20H,14H2,1-4H3,(H,27,29);4-9,14H,10,18H2,1-3H3;2-4H,1H3,(H,10,11);3*1H4;1H. The van der Waals surface area contributed by atoms with E-state index in [-0.39, 0.29) is 62.8 Å². The van der Waals surface area contributed by atoms with Crippen LogP contribution in [-0.2, 0) is 46.0 Å². The topological polar surface area (TPSA) is 189 Å². The third kappa shape index (κ3) is 16.3. The van der Waals surface area contributed by atoms with Crippen LogP contribution in [-0.4, -0.2) is 64.4 Å². The number of rotatable bonds is 11. The average molecular weight is 1010 g/mol. The summed E-state index contributed by atoms with van der Waals surface area (Å²) in [7, 11) is 6.04. The quantitative estimate of drug-likeness (QED) is 0.105. The number of nitrogens with one attached hydrogen (secondary N) is 1. The van der Waals surface area contributed by atoms with Gasteiger partial charge in [-0.25, -0.2) is 9.59 Å². The zero-order chi connectivity index (χ0) is 48.1. The minimum Gasteiger partial charge on any atom is -0.478 e. The predicted molar refractivity (Wildman–Crippen MR) is 281 cm³/mol. The SMILES string of the molecule is C.C.C.COC(=O)C(Cc1ccc(-c2c(C)ccn(C)c2=O)cc1)NC(=O)c1c(C)cccc1Cl.COC(=O)C(N)Cc1ccc(-c2c(C)ccn(C)c2=O)cc1.Cc1cccc(Cl)c1C(=O)O.Cl. The van der Waals surface area contributed by atoms with Crippen molar-refractivity contribution in [2.75, 3.05) is 14.2 Å². The molecule has 0 fully saturated rings. The summed E-state index contributed by atoms with van der Waals surface area (Å²) in [6, 6.07) is 27.3. The van der Waals surface area contributed by atoms with Crippen molar-refractivity contribution in [2.45, 2.75) is 74.9 Å². The summed E-state index contributed by atoms with van der Waals surface area (Å²) >= 11 is 11.8. The number of nitrogens with two attached hydrogens (primary N) is 1. The van der Waals surface area contributed by atoms with Gasteiger partial charge in [-0.2, -0.15) is 0 Å². The molecule has 2 unspecified atom stereocenters. The molecule has 13 nitrogen and oxygen atoms in total. The Morgan fingerprint density at radius 1 is 0.609 bits per heavy atom. The Kier molecular flexibility index (Phi) is 26.0. The zero-order valence-electron chi connectivity index (χ0n) is 37.8. The molecule has 0 saturated carbocycles. The first-order valence-electron chi connectivity index (χ1n) is 20.3. The molecule has 6 aromatic rings. The van der Waals surface area contributed by atoms with Crippen LogP contribution in [0.2, 0.25) is 10.0 Å². The Hall–Kier alpha value is -6.51. The number of esters is 2. The third-order valence-corrected chi connectivity index (χ3v) is 11.1. The fourth-order valence-electron chi connectivity index (χ4n) is 6.87. The molecular formula is C53H65Cl3N4O9. The fraction of sp³-hybridized carbons (Fsp3) is 0.283. The first-order valence-corrected chi connectivity index (χ1v) is 21.0. The van der Waals surface area contributed by atoms with Crippen molar-refractivity contribution in [2.24, 2.45) is 19.8 Å².